The SMILES string of the molecule is C[C@@H]1C(=O)[C@H](C)[C@H](c2ccccc2)O[C@@H]1c1ccccc1. The van der Waals surface area contributed by atoms with Crippen LogP contribution in [0.4, 0.5) is 0 Å². The molecule has 1 fully saturated rings. The molecule has 1 saturated heterocycles. The lowest BCUT2D eigenvalue weighted by molar-refractivity contribution is -0.157. The zero-order valence-electron chi connectivity index (χ0n) is 12.4. The van der Waals surface area contributed by atoms with Crippen molar-refractivity contribution in [1.29, 1.82) is 0 Å². The summed E-state index contributed by atoms with van der Waals surface area (Å²) in [5, 5.41) is 0. The third kappa shape index (κ3) is 2.64. The van der Waals surface area contributed by atoms with E-state index in [9.17, 15) is 4.79 Å². The molecule has 2 aromatic rings. The van der Waals surface area contributed by atoms with Crippen LogP contribution in [0.2, 0.25) is 0 Å². The molecule has 2 aromatic carbocycles. The first-order valence-electron chi connectivity index (χ1n) is 7.47. The highest BCUT2D eigenvalue weighted by Crippen LogP contribution is 2.43. The molecule has 21 heavy (non-hydrogen) atoms. The first kappa shape index (κ1) is 14.0. The van der Waals surface area contributed by atoms with Gasteiger partial charge in [0.05, 0.1) is 12.2 Å². The van der Waals surface area contributed by atoms with E-state index in [1.807, 2.05) is 74.5 Å². The van der Waals surface area contributed by atoms with E-state index in [1.165, 1.54) is 0 Å². The fourth-order valence-electron chi connectivity index (χ4n) is 3.13. The van der Waals surface area contributed by atoms with E-state index in [1.54, 1.807) is 0 Å². The monoisotopic (exact) mass is 280 g/mol. The van der Waals surface area contributed by atoms with E-state index in [4.69, 9.17) is 4.74 Å². The van der Waals surface area contributed by atoms with E-state index < -0.39 is 0 Å². The zero-order valence-corrected chi connectivity index (χ0v) is 12.4. The van der Waals surface area contributed by atoms with Gasteiger partial charge in [0.2, 0.25) is 0 Å². The van der Waals surface area contributed by atoms with E-state index in [0.717, 1.165) is 11.1 Å². The van der Waals surface area contributed by atoms with Crippen molar-refractivity contribution in [1.82, 2.24) is 0 Å². The van der Waals surface area contributed by atoms with Crippen LogP contribution in [0.5, 0.6) is 0 Å². The summed E-state index contributed by atoms with van der Waals surface area (Å²) >= 11 is 0. The fourth-order valence-corrected chi connectivity index (χ4v) is 3.13. The molecule has 0 bridgehead atoms. The van der Waals surface area contributed by atoms with Crippen molar-refractivity contribution in [3.05, 3.63) is 71.8 Å². The Morgan fingerprint density at radius 3 is 1.48 bits per heavy atom. The number of hydrogen-bond acceptors (Lipinski definition) is 2. The second-order valence-electron chi connectivity index (χ2n) is 5.78. The number of hydrogen-bond donors (Lipinski definition) is 0. The molecule has 0 unspecified atom stereocenters. The van der Waals surface area contributed by atoms with Crippen LogP contribution >= 0.6 is 0 Å². The largest absolute Gasteiger partial charge is 0.364 e. The van der Waals surface area contributed by atoms with Crippen molar-refractivity contribution in [2.45, 2.75) is 26.1 Å². The van der Waals surface area contributed by atoms with Gasteiger partial charge in [0.15, 0.2) is 0 Å². The summed E-state index contributed by atoms with van der Waals surface area (Å²) in [5.74, 6) is 0.0636. The Balaban J connectivity index is 1.95. The van der Waals surface area contributed by atoms with Crippen molar-refractivity contribution < 1.29 is 9.53 Å². The standard InChI is InChI=1S/C19H20O2/c1-13-17(20)14(2)19(16-11-7-4-8-12-16)21-18(13)15-9-5-3-6-10-15/h3-14,18-19H,1-2H3/t13-,14+,18+,19-. The van der Waals surface area contributed by atoms with Crippen LogP contribution in [0.1, 0.15) is 37.2 Å². The summed E-state index contributed by atoms with van der Waals surface area (Å²) in [6.45, 7) is 3.94. The minimum atomic E-state index is -0.167. The minimum absolute atomic E-state index is 0.109. The molecule has 4 atom stereocenters. The molecule has 0 spiro atoms. The molecular formula is C19H20O2. The molecule has 108 valence electrons. The van der Waals surface area contributed by atoms with Gasteiger partial charge in [-0.1, -0.05) is 74.5 Å². The third-order valence-corrected chi connectivity index (χ3v) is 4.36. The van der Waals surface area contributed by atoms with Crippen LogP contribution in [0.3, 0.4) is 0 Å². The quantitative estimate of drug-likeness (QED) is 0.818. The first-order valence-corrected chi connectivity index (χ1v) is 7.47. The van der Waals surface area contributed by atoms with E-state index in [2.05, 4.69) is 0 Å². The lowest BCUT2D eigenvalue weighted by atomic mass is 9.80. The number of rotatable bonds is 2. The van der Waals surface area contributed by atoms with Crippen molar-refractivity contribution >= 4 is 5.78 Å². The van der Waals surface area contributed by atoms with Gasteiger partial charge in [-0.15, -0.1) is 0 Å². The molecule has 0 aliphatic carbocycles. The molecule has 0 aromatic heterocycles. The van der Waals surface area contributed by atoms with E-state index >= 15 is 0 Å². The predicted molar refractivity (Wildman–Crippen MR) is 82.8 cm³/mol. The number of ether oxygens (including phenoxy) is 1. The Morgan fingerprint density at radius 1 is 0.714 bits per heavy atom. The second-order valence-corrected chi connectivity index (χ2v) is 5.78. The highest BCUT2D eigenvalue weighted by molar-refractivity contribution is 5.85. The van der Waals surface area contributed by atoms with Gasteiger partial charge in [-0.3, -0.25) is 4.79 Å². The van der Waals surface area contributed by atoms with Gasteiger partial charge in [0, 0.05) is 11.8 Å². The molecule has 3 rings (SSSR count). The van der Waals surface area contributed by atoms with Crippen LogP contribution in [0, 0.1) is 11.8 Å². The summed E-state index contributed by atoms with van der Waals surface area (Å²) < 4.78 is 6.33. The average molecular weight is 280 g/mol. The maximum atomic E-state index is 12.6. The molecule has 0 amide bonds. The highest BCUT2D eigenvalue weighted by Gasteiger charge is 2.41. The van der Waals surface area contributed by atoms with Crippen LogP contribution in [0.25, 0.3) is 0 Å². The Morgan fingerprint density at radius 2 is 1.10 bits per heavy atom. The molecule has 1 aliphatic heterocycles. The lowest BCUT2D eigenvalue weighted by Crippen LogP contribution is -2.37. The highest BCUT2D eigenvalue weighted by atomic mass is 16.5. The maximum absolute atomic E-state index is 12.6. The summed E-state index contributed by atoms with van der Waals surface area (Å²) in [6.07, 6.45) is -0.333. The normalized spacial score (nSPS) is 29.3. The number of carbonyl (C=O) groups excluding carboxylic acids is 1. The molecule has 0 N–H and O–H groups in total. The summed E-state index contributed by atoms with van der Waals surface area (Å²) in [5.41, 5.74) is 2.15. The maximum Gasteiger partial charge on any atom is 0.144 e. The van der Waals surface area contributed by atoms with Gasteiger partial charge in [-0.05, 0) is 11.1 Å². The fraction of sp³-hybridized carbons (Fsp3) is 0.316. The van der Waals surface area contributed by atoms with Crippen molar-refractivity contribution in [2.75, 3.05) is 0 Å². The smallest absolute Gasteiger partial charge is 0.144 e. The number of benzene rings is 2. The van der Waals surface area contributed by atoms with Gasteiger partial charge >= 0.3 is 0 Å². The minimum Gasteiger partial charge on any atom is -0.364 e. The van der Waals surface area contributed by atoms with Crippen LogP contribution in [0.15, 0.2) is 60.7 Å². The average Bonchev–Trinajstić information content (AvgIpc) is 2.55. The summed E-state index contributed by atoms with van der Waals surface area (Å²) in [4.78, 5) is 12.6. The Labute approximate surface area is 125 Å². The second kappa shape index (κ2) is 5.82. The molecular weight excluding hydrogens is 260 g/mol. The Bertz CT molecular complexity index is 552. The first-order chi connectivity index (χ1) is 10.2. The van der Waals surface area contributed by atoms with E-state index in [-0.39, 0.29) is 29.8 Å². The molecule has 2 nitrogen and oxygen atoms in total. The van der Waals surface area contributed by atoms with Crippen LogP contribution in [-0.4, -0.2) is 5.78 Å². The molecule has 1 heterocycles. The molecule has 0 radical (unpaired) electrons. The Hall–Kier alpha value is -1.93. The van der Waals surface area contributed by atoms with Crippen LogP contribution < -0.4 is 0 Å². The van der Waals surface area contributed by atoms with E-state index in [0.29, 0.717) is 0 Å². The van der Waals surface area contributed by atoms with Crippen molar-refractivity contribution in [3.8, 4) is 0 Å². The summed E-state index contributed by atoms with van der Waals surface area (Å²) in [7, 11) is 0. The molecule has 0 saturated carbocycles. The van der Waals surface area contributed by atoms with Gasteiger partial charge in [-0.2, -0.15) is 0 Å². The van der Waals surface area contributed by atoms with Gasteiger partial charge in [0.1, 0.15) is 5.78 Å². The number of Topliss-reactive ketones (excluding diaryl/α,β-unsaturated/α-hetero) is 1. The van der Waals surface area contributed by atoms with Crippen LogP contribution in [-0.2, 0) is 9.53 Å². The van der Waals surface area contributed by atoms with Gasteiger partial charge in [-0.25, -0.2) is 0 Å². The van der Waals surface area contributed by atoms with Crippen molar-refractivity contribution in [2.24, 2.45) is 11.8 Å². The third-order valence-electron chi connectivity index (χ3n) is 4.36. The molecule has 2 heteroatoms. The zero-order chi connectivity index (χ0) is 14.8. The van der Waals surface area contributed by atoms with Crippen molar-refractivity contribution in [3.63, 3.8) is 0 Å². The number of ketones is 1. The summed E-state index contributed by atoms with van der Waals surface area (Å²) in [6, 6.07) is 20.1. The molecule has 1 aliphatic rings. The topological polar surface area (TPSA) is 26.3 Å². The number of carbonyl (C=O) groups is 1. The lowest BCUT2D eigenvalue weighted by Gasteiger charge is -2.38. The Kier molecular flexibility index (Phi) is 3.89. The predicted octanol–water partition coefficient (Wildman–Crippen LogP) is 4.34. The van der Waals surface area contributed by atoms with Gasteiger partial charge < -0.3 is 4.74 Å². The van der Waals surface area contributed by atoms with Gasteiger partial charge in [0.25, 0.3) is 0 Å².